The molecule has 1 amide bonds. The van der Waals surface area contributed by atoms with Crippen molar-refractivity contribution in [3.63, 3.8) is 0 Å². The number of hydrogen-bond acceptors (Lipinski definition) is 5. The lowest BCUT2D eigenvalue weighted by Crippen LogP contribution is -2.58. The molecule has 4 rings (SSSR count). The molecular formula is C19H22FN3O2S. The lowest BCUT2D eigenvalue weighted by atomic mass is 9.89. The number of amides is 1. The minimum absolute atomic E-state index is 0.0577. The van der Waals surface area contributed by atoms with Crippen LogP contribution in [0.3, 0.4) is 0 Å². The van der Waals surface area contributed by atoms with Gasteiger partial charge >= 0.3 is 0 Å². The molecule has 0 unspecified atom stereocenters. The first-order valence-electron chi connectivity index (χ1n) is 8.86. The summed E-state index contributed by atoms with van der Waals surface area (Å²) in [5.74, 6) is -0.439. The van der Waals surface area contributed by atoms with Crippen molar-refractivity contribution in [2.24, 2.45) is 0 Å². The van der Waals surface area contributed by atoms with E-state index in [9.17, 15) is 9.18 Å². The van der Waals surface area contributed by atoms with Crippen LogP contribution in [0.1, 0.15) is 23.5 Å². The fourth-order valence-corrected chi connectivity index (χ4v) is 4.49. The van der Waals surface area contributed by atoms with Crippen molar-refractivity contribution < 1.29 is 13.9 Å². The summed E-state index contributed by atoms with van der Waals surface area (Å²) in [6.07, 6.45) is 1.72. The van der Waals surface area contributed by atoms with Gasteiger partial charge in [0.15, 0.2) is 0 Å². The summed E-state index contributed by atoms with van der Waals surface area (Å²) in [6.45, 7) is 5.23. The summed E-state index contributed by atoms with van der Waals surface area (Å²) in [6, 6.07) is 6.22. The number of benzene rings is 1. The molecule has 26 heavy (non-hydrogen) atoms. The van der Waals surface area contributed by atoms with Gasteiger partial charge < -0.3 is 9.64 Å². The predicted molar refractivity (Wildman–Crippen MR) is 98.8 cm³/mol. The van der Waals surface area contributed by atoms with Crippen molar-refractivity contribution in [1.82, 2.24) is 9.88 Å². The van der Waals surface area contributed by atoms with Gasteiger partial charge in [-0.25, -0.2) is 9.37 Å². The van der Waals surface area contributed by atoms with E-state index in [4.69, 9.17) is 4.74 Å². The molecule has 3 heterocycles. The Morgan fingerprint density at radius 2 is 2.15 bits per heavy atom. The second-order valence-corrected chi connectivity index (χ2v) is 8.03. The Labute approximate surface area is 156 Å². The van der Waals surface area contributed by atoms with Crippen LogP contribution in [0.15, 0.2) is 29.6 Å². The Kier molecular flexibility index (Phi) is 4.77. The molecule has 0 atom stereocenters. The van der Waals surface area contributed by atoms with Crippen molar-refractivity contribution in [3.05, 3.63) is 46.2 Å². The van der Waals surface area contributed by atoms with Crippen molar-refractivity contribution >= 4 is 22.9 Å². The zero-order valence-electron chi connectivity index (χ0n) is 14.8. The van der Waals surface area contributed by atoms with Gasteiger partial charge in [0.1, 0.15) is 17.4 Å². The van der Waals surface area contributed by atoms with Crippen LogP contribution in [0, 0.1) is 12.7 Å². The number of rotatable bonds is 3. The summed E-state index contributed by atoms with van der Waals surface area (Å²) in [7, 11) is 0. The van der Waals surface area contributed by atoms with Gasteiger partial charge in [0.05, 0.1) is 18.7 Å². The number of aromatic nitrogens is 1. The number of morpholine rings is 1. The number of hydrogen-bond donors (Lipinski definition) is 0. The van der Waals surface area contributed by atoms with Gasteiger partial charge in [-0.05, 0) is 38.0 Å². The Morgan fingerprint density at radius 1 is 1.35 bits per heavy atom. The van der Waals surface area contributed by atoms with Gasteiger partial charge in [0.25, 0.3) is 5.91 Å². The molecule has 1 aromatic heterocycles. The fraction of sp³-hybridized carbons (Fsp3) is 0.474. The molecule has 7 heteroatoms. The maximum atomic E-state index is 13.6. The van der Waals surface area contributed by atoms with Crippen LogP contribution >= 0.6 is 11.3 Å². The topological polar surface area (TPSA) is 45.7 Å². The van der Waals surface area contributed by atoms with Crippen LogP contribution in [0.2, 0.25) is 0 Å². The van der Waals surface area contributed by atoms with Crippen LogP contribution in [-0.4, -0.2) is 47.6 Å². The van der Waals surface area contributed by atoms with E-state index in [0.717, 1.165) is 43.2 Å². The molecule has 5 nitrogen and oxygen atoms in total. The third kappa shape index (κ3) is 3.65. The molecule has 0 aliphatic carbocycles. The lowest BCUT2D eigenvalue weighted by Gasteiger charge is -2.46. The van der Waals surface area contributed by atoms with Crippen molar-refractivity contribution in [1.29, 1.82) is 0 Å². The molecule has 1 aromatic carbocycles. The van der Waals surface area contributed by atoms with E-state index >= 15 is 0 Å². The number of carbonyl (C=O) groups excluding carboxylic acids is 1. The maximum Gasteiger partial charge on any atom is 0.253 e. The van der Waals surface area contributed by atoms with Gasteiger partial charge in [-0.15, -0.1) is 11.3 Å². The minimum Gasteiger partial charge on any atom is -0.363 e. The number of carbonyl (C=O) groups is 1. The van der Waals surface area contributed by atoms with Gasteiger partial charge in [0.2, 0.25) is 0 Å². The SMILES string of the molecule is Cc1csc(CN2CCC3(CC2)CN(c2cccc(F)c2)C(=O)CO3)n1. The average molecular weight is 375 g/mol. The number of aryl methyl sites for hydroxylation is 1. The van der Waals surface area contributed by atoms with E-state index in [0.29, 0.717) is 12.2 Å². The van der Waals surface area contributed by atoms with Crippen molar-refractivity contribution in [3.8, 4) is 0 Å². The monoisotopic (exact) mass is 375 g/mol. The maximum absolute atomic E-state index is 13.6. The molecule has 138 valence electrons. The first-order valence-corrected chi connectivity index (χ1v) is 9.74. The highest BCUT2D eigenvalue weighted by molar-refractivity contribution is 7.09. The molecule has 2 saturated heterocycles. The van der Waals surface area contributed by atoms with Crippen LogP contribution in [0.4, 0.5) is 10.1 Å². The molecule has 2 aliphatic rings. The predicted octanol–water partition coefficient (Wildman–Crippen LogP) is 2.99. The summed E-state index contributed by atoms with van der Waals surface area (Å²) in [5.41, 5.74) is 1.34. The van der Waals surface area contributed by atoms with Gasteiger partial charge in [-0.2, -0.15) is 0 Å². The molecular weight excluding hydrogens is 353 g/mol. The first-order chi connectivity index (χ1) is 12.5. The molecule has 2 fully saturated rings. The Bertz CT molecular complexity index is 802. The second-order valence-electron chi connectivity index (χ2n) is 7.09. The highest BCUT2D eigenvalue weighted by Crippen LogP contribution is 2.33. The van der Waals surface area contributed by atoms with Crippen molar-refractivity contribution in [2.45, 2.75) is 31.9 Å². The quantitative estimate of drug-likeness (QED) is 0.827. The highest BCUT2D eigenvalue weighted by atomic mass is 32.1. The van der Waals surface area contributed by atoms with E-state index in [-0.39, 0.29) is 23.9 Å². The number of likely N-dealkylation sites (tertiary alicyclic amines) is 1. The first kappa shape index (κ1) is 17.6. The third-order valence-corrected chi connectivity index (χ3v) is 6.11. The number of piperidine rings is 1. The average Bonchev–Trinajstić information content (AvgIpc) is 3.04. The Morgan fingerprint density at radius 3 is 2.85 bits per heavy atom. The molecule has 0 N–H and O–H groups in total. The number of halogens is 1. The van der Waals surface area contributed by atoms with Gasteiger partial charge in [-0.1, -0.05) is 6.07 Å². The van der Waals surface area contributed by atoms with Crippen LogP contribution in [0.25, 0.3) is 0 Å². The van der Waals surface area contributed by atoms with E-state index < -0.39 is 0 Å². The van der Waals surface area contributed by atoms with Gasteiger partial charge in [0, 0.05) is 29.9 Å². The smallest absolute Gasteiger partial charge is 0.253 e. The van der Waals surface area contributed by atoms with E-state index in [1.54, 1.807) is 28.4 Å². The summed E-state index contributed by atoms with van der Waals surface area (Å²) in [4.78, 5) is 20.9. The Balaban J connectivity index is 1.42. The van der Waals surface area contributed by atoms with Gasteiger partial charge in [-0.3, -0.25) is 9.69 Å². The zero-order chi connectivity index (χ0) is 18.1. The lowest BCUT2D eigenvalue weighted by molar-refractivity contribution is -0.144. The summed E-state index contributed by atoms with van der Waals surface area (Å²) < 4.78 is 19.5. The fourth-order valence-electron chi connectivity index (χ4n) is 3.68. The normalized spacial score (nSPS) is 20.7. The van der Waals surface area contributed by atoms with E-state index in [1.165, 1.54) is 12.1 Å². The molecule has 1 spiro atoms. The van der Waals surface area contributed by atoms with Crippen LogP contribution in [0.5, 0.6) is 0 Å². The largest absolute Gasteiger partial charge is 0.363 e. The summed E-state index contributed by atoms with van der Waals surface area (Å²) in [5, 5.41) is 3.22. The Hall–Kier alpha value is -1.83. The number of ether oxygens (including phenoxy) is 1. The molecule has 0 bridgehead atoms. The van der Waals surface area contributed by atoms with Crippen molar-refractivity contribution in [2.75, 3.05) is 31.1 Å². The second kappa shape index (κ2) is 7.06. The molecule has 0 saturated carbocycles. The highest BCUT2D eigenvalue weighted by Gasteiger charge is 2.42. The number of thiazole rings is 1. The molecule has 0 radical (unpaired) electrons. The number of nitrogens with zero attached hydrogens (tertiary/aromatic N) is 3. The molecule has 2 aromatic rings. The summed E-state index contributed by atoms with van der Waals surface area (Å²) >= 11 is 1.70. The standard InChI is InChI=1S/C19H22FN3O2S/c1-14-12-26-17(21-14)10-22-7-5-19(6-8-22)13-23(18(24)11-25-19)16-4-2-3-15(20)9-16/h2-4,9,12H,5-8,10-11,13H2,1H3. The van der Waals surface area contributed by atoms with Crippen LogP contribution < -0.4 is 4.90 Å². The third-order valence-electron chi connectivity index (χ3n) is 5.16. The molecule has 2 aliphatic heterocycles. The zero-order valence-corrected chi connectivity index (χ0v) is 15.6. The van der Waals surface area contributed by atoms with E-state index in [1.807, 2.05) is 6.92 Å². The van der Waals surface area contributed by atoms with E-state index in [2.05, 4.69) is 15.3 Å². The van der Waals surface area contributed by atoms with Crippen LogP contribution in [-0.2, 0) is 16.1 Å². The number of anilines is 1. The minimum atomic E-state index is -0.338.